The molecule has 1 aliphatic heterocycles. The molecule has 20 heavy (non-hydrogen) atoms. The van der Waals surface area contributed by atoms with E-state index in [1.54, 1.807) is 6.07 Å². The second-order valence-corrected chi connectivity index (χ2v) is 4.84. The number of pyridine rings is 1. The van der Waals surface area contributed by atoms with Crippen LogP contribution in [-0.2, 0) is 4.74 Å². The average Bonchev–Trinajstić information content (AvgIpc) is 2.97. The van der Waals surface area contributed by atoms with Crippen LogP contribution in [0.25, 0.3) is 10.9 Å². The molecule has 0 amide bonds. The largest absolute Gasteiger partial charge is 0.381 e. The van der Waals surface area contributed by atoms with Crippen molar-refractivity contribution in [3.8, 4) is 6.07 Å². The van der Waals surface area contributed by atoms with Crippen molar-refractivity contribution < 1.29 is 9.13 Å². The Bertz CT molecular complexity index is 675. The summed E-state index contributed by atoms with van der Waals surface area (Å²) in [6.45, 7) is 1.40. The number of nitrogens with one attached hydrogen (secondary N) is 1. The molecule has 4 nitrogen and oxygen atoms in total. The van der Waals surface area contributed by atoms with Crippen molar-refractivity contribution in [3.05, 3.63) is 35.8 Å². The normalized spacial score (nSPS) is 18.1. The van der Waals surface area contributed by atoms with Crippen molar-refractivity contribution in [2.45, 2.75) is 18.9 Å². The van der Waals surface area contributed by atoms with Crippen molar-refractivity contribution in [3.63, 3.8) is 0 Å². The smallest absolute Gasteiger partial charge is 0.124 e. The van der Waals surface area contributed by atoms with Gasteiger partial charge in [-0.05, 0) is 31.0 Å². The first-order chi connectivity index (χ1) is 9.78. The Labute approximate surface area is 116 Å². The van der Waals surface area contributed by atoms with Crippen molar-refractivity contribution in [1.29, 1.82) is 5.26 Å². The molecule has 0 bridgehead atoms. The van der Waals surface area contributed by atoms with Crippen LogP contribution in [-0.4, -0.2) is 24.2 Å². The number of anilines is 1. The van der Waals surface area contributed by atoms with Gasteiger partial charge in [0, 0.05) is 24.7 Å². The van der Waals surface area contributed by atoms with Gasteiger partial charge in [0.25, 0.3) is 0 Å². The number of nitrogens with zero attached hydrogens (tertiary/aromatic N) is 2. The number of fused-ring (bicyclic) bond motifs is 1. The first-order valence-electron chi connectivity index (χ1n) is 6.62. The van der Waals surface area contributed by atoms with E-state index < -0.39 is 0 Å². The van der Waals surface area contributed by atoms with E-state index in [1.807, 2.05) is 0 Å². The fourth-order valence-electron chi connectivity index (χ4n) is 2.46. The summed E-state index contributed by atoms with van der Waals surface area (Å²) in [5.41, 5.74) is 1.72. The summed E-state index contributed by atoms with van der Waals surface area (Å²) in [5.74, 6) is -0.338. The molecular formula is C15H14FN3O. The Hall–Kier alpha value is -2.19. The highest BCUT2D eigenvalue weighted by atomic mass is 19.1. The average molecular weight is 271 g/mol. The van der Waals surface area contributed by atoms with E-state index in [2.05, 4.69) is 16.4 Å². The van der Waals surface area contributed by atoms with Crippen molar-refractivity contribution in [1.82, 2.24) is 4.98 Å². The minimum Gasteiger partial charge on any atom is -0.381 e. The lowest BCUT2D eigenvalue weighted by molar-refractivity contribution is 0.120. The molecule has 102 valence electrons. The summed E-state index contributed by atoms with van der Waals surface area (Å²) < 4.78 is 19.0. The first-order valence-corrected chi connectivity index (χ1v) is 6.62. The Morgan fingerprint density at radius 3 is 3.15 bits per heavy atom. The number of nitriles is 1. The predicted molar refractivity (Wildman–Crippen MR) is 73.9 cm³/mol. The maximum absolute atomic E-state index is 13.4. The van der Waals surface area contributed by atoms with Gasteiger partial charge in [0.2, 0.25) is 0 Å². The van der Waals surface area contributed by atoms with Crippen LogP contribution in [0, 0.1) is 17.1 Å². The summed E-state index contributed by atoms with van der Waals surface area (Å²) in [7, 11) is 0. The van der Waals surface area contributed by atoms with Gasteiger partial charge in [-0.3, -0.25) is 4.98 Å². The minimum atomic E-state index is -0.338. The van der Waals surface area contributed by atoms with Crippen LogP contribution < -0.4 is 5.32 Å². The molecule has 2 aromatic rings. The molecular weight excluding hydrogens is 257 g/mol. The quantitative estimate of drug-likeness (QED) is 0.932. The molecule has 1 aliphatic rings. The van der Waals surface area contributed by atoms with Crippen LogP contribution >= 0.6 is 0 Å². The summed E-state index contributed by atoms with van der Waals surface area (Å²) >= 11 is 0. The second-order valence-electron chi connectivity index (χ2n) is 4.84. The van der Waals surface area contributed by atoms with E-state index in [1.165, 1.54) is 18.3 Å². The molecule has 5 heteroatoms. The Balaban J connectivity index is 1.97. The SMILES string of the molecule is N#Cc1cnc2ccc(F)cc2c1NCC1CCCO1. The molecule has 0 radical (unpaired) electrons. The molecule has 1 aromatic carbocycles. The third-order valence-electron chi connectivity index (χ3n) is 3.48. The number of aromatic nitrogens is 1. The molecule has 3 rings (SSSR count). The van der Waals surface area contributed by atoms with Crippen LogP contribution in [0.5, 0.6) is 0 Å². The molecule has 0 spiro atoms. The van der Waals surface area contributed by atoms with Gasteiger partial charge < -0.3 is 10.1 Å². The fourth-order valence-corrected chi connectivity index (χ4v) is 2.46. The standard InChI is InChI=1S/C15H14FN3O/c16-11-3-4-14-13(6-11)15(10(7-17)8-18-14)19-9-12-2-1-5-20-12/h3-4,6,8,12H,1-2,5,9H2,(H,18,19). The molecule has 1 fully saturated rings. The van der Waals surface area contributed by atoms with Crippen LogP contribution in [0.3, 0.4) is 0 Å². The van der Waals surface area contributed by atoms with E-state index in [0.29, 0.717) is 28.7 Å². The lowest BCUT2D eigenvalue weighted by atomic mass is 10.1. The minimum absolute atomic E-state index is 0.151. The number of halogens is 1. The number of benzene rings is 1. The molecule has 0 aliphatic carbocycles. The van der Waals surface area contributed by atoms with Gasteiger partial charge in [0.1, 0.15) is 11.9 Å². The lowest BCUT2D eigenvalue weighted by Gasteiger charge is -2.14. The van der Waals surface area contributed by atoms with E-state index in [9.17, 15) is 9.65 Å². The van der Waals surface area contributed by atoms with Crippen LogP contribution in [0.4, 0.5) is 10.1 Å². The maximum Gasteiger partial charge on any atom is 0.124 e. The van der Waals surface area contributed by atoms with E-state index in [4.69, 9.17) is 4.74 Å². The highest BCUT2D eigenvalue weighted by Crippen LogP contribution is 2.27. The first kappa shape index (κ1) is 12.8. The lowest BCUT2D eigenvalue weighted by Crippen LogP contribution is -2.19. The molecule has 0 saturated carbocycles. The van der Waals surface area contributed by atoms with Gasteiger partial charge in [-0.25, -0.2) is 4.39 Å². The van der Waals surface area contributed by atoms with Crippen LogP contribution in [0.15, 0.2) is 24.4 Å². The highest BCUT2D eigenvalue weighted by molar-refractivity contribution is 5.93. The zero-order valence-electron chi connectivity index (χ0n) is 10.9. The summed E-state index contributed by atoms with van der Waals surface area (Å²) in [4.78, 5) is 4.17. The van der Waals surface area contributed by atoms with Crippen molar-refractivity contribution in [2.24, 2.45) is 0 Å². The predicted octanol–water partition coefficient (Wildman–Crippen LogP) is 2.84. The molecule has 1 N–H and O–H groups in total. The number of rotatable bonds is 3. The maximum atomic E-state index is 13.4. The Kier molecular flexibility index (Phi) is 3.48. The Morgan fingerprint density at radius 1 is 1.50 bits per heavy atom. The number of ether oxygens (including phenoxy) is 1. The van der Waals surface area contributed by atoms with Gasteiger partial charge in [0.05, 0.1) is 22.9 Å². The van der Waals surface area contributed by atoms with Gasteiger partial charge in [0.15, 0.2) is 0 Å². The monoisotopic (exact) mass is 271 g/mol. The zero-order chi connectivity index (χ0) is 13.9. The van der Waals surface area contributed by atoms with Gasteiger partial charge in [-0.15, -0.1) is 0 Å². The summed E-state index contributed by atoms with van der Waals surface area (Å²) in [5, 5.41) is 13.0. The van der Waals surface area contributed by atoms with E-state index in [-0.39, 0.29) is 11.9 Å². The van der Waals surface area contributed by atoms with E-state index >= 15 is 0 Å². The highest BCUT2D eigenvalue weighted by Gasteiger charge is 2.17. The third kappa shape index (κ3) is 2.43. The molecule has 1 unspecified atom stereocenters. The second kappa shape index (κ2) is 5.43. The Morgan fingerprint density at radius 2 is 2.40 bits per heavy atom. The number of hydrogen-bond donors (Lipinski definition) is 1. The summed E-state index contributed by atoms with van der Waals surface area (Å²) in [6, 6.07) is 6.48. The third-order valence-corrected chi connectivity index (χ3v) is 3.48. The van der Waals surface area contributed by atoms with Crippen molar-refractivity contribution in [2.75, 3.05) is 18.5 Å². The zero-order valence-corrected chi connectivity index (χ0v) is 10.9. The molecule has 1 saturated heterocycles. The summed E-state index contributed by atoms with van der Waals surface area (Å²) in [6.07, 6.45) is 3.73. The van der Waals surface area contributed by atoms with Gasteiger partial charge >= 0.3 is 0 Å². The van der Waals surface area contributed by atoms with Crippen LogP contribution in [0.2, 0.25) is 0 Å². The van der Waals surface area contributed by atoms with Gasteiger partial charge in [-0.2, -0.15) is 5.26 Å². The van der Waals surface area contributed by atoms with Crippen molar-refractivity contribution >= 4 is 16.6 Å². The van der Waals surface area contributed by atoms with Gasteiger partial charge in [-0.1, -0.05) is 0 Å². The van der Waals surface area contributed by atoms with E-state index in [0.717, 1.165) is 19.4 Å². The number of hydrogen-bond acceptors (Lipinski definition) is 4. The van der Waals surface area contributed by atoms with Crippen LogP contribution in [0.1, 0.15) is 18.4 Å². The topological polar surface area (TPSA) is 57.9 Å². The molecule has 1 aromatic heterocycles. The molecule has 2 heterocycles. The fraction of sp³-hybridized carbons (Fsp3) is 0.333. The molecule has 1 atom stereocenters.